The first-order chi connectivity index (χ1) is 8.24. The molecule has 0 amide bonds. The third-order valence-corrected chi connectivity index (χ3v) is 3.85. The second-order valence-corrected chi connectivity index (χ2v) is 5.42. The molecule has 1 fully saturated rings. The highest BCUT2D eigenvalue weighted by Gasteiger charge is 2.37. The van der Waals surface area contributed by atoms with Crippen LogP contribution >= 0.6 is 0 Å². The first kappa shape index (κ1) is 12.1. The molecule has 2 rings (SSSR count). The van der Waals surface area contributed by atoms with E-state index in [9.17, 15) is 4.79 Å². The van der Waals surface area contributed by atoms with Crippen LogP contribution in [-0.2, 0) is 11.2 Å². The Morgan fingerprint density at radius 1 is 1.41 bits per heavy atom. The average Bonchev–Trinajstić information content (AvgIpc) is 2.70. The van der Waals surface area contributed by atoms with Gasteiger partial charge in [-0.25, -0.2) is 9.79 Å². The fourth-order valence-corrected chi connectivity index (χ4v) is 3.08. The maximum atomic E-state index is 10.3. The second-order valence-electron chi connectivity index (χ2n) is 5.42. The van der Waals surface area contributed by atoms with E-state index in [2.05, 4.69) is 36.2 Å². The van der Waals surface area contributed by atoms with Crippen LogP contribution in [0.1, 0.15) is 31.7 Å². The van der Waals surface area contributed by atoms with Gasteiger partial charge in [0, 0.05) is 0 Å². The van der Waals surface area contributed by atoms with Crippen molar-refractivity contribution in [1.82, 2.24) is 0 Å². The standard InChI is InChI=1S/C15H19NO/c1-13-7-8-15(9-13,11-16-12-17)10-14-5-3-2-4-6-14/h2-6,13H,7-11H2,1H3. The molecule has 1 aliphatic carbocycles. The molecule has 2 unspecified atom stereocenters. The molecular weight excluding hydrogens is 210 g/mol. The normalized spacial score (nSPS) is 27.7. The monoisotopic (exact) mass is 229 g/mol. The Morgan fingerprint density at radius 3 is 2.76 bits per heavy atom. The van der Waals surface area contributed by atoms with E-state index in [1.165, 1.54) is 24.8 Å². The summed E-state index contributed by atoms with van der Waals surface area (Å²) in [6, 6.07) is 10.5. The average molecular weight is 229 g/mol. The Balaban J connectivity index is 2.14. The van der Waals surface area contributed by atoms with Crippen molar-refractivity contribution < 1.29 is 4.79 Å². The van der Waals surface area contributed by atoms with Gasteiger partial charge in [0.05, 0.1) is 6.54 Å². The zero-order valence-electron chi connectivity index (χ0n) is 10.4. The number of aliphatic imine (C=N–C) groups is 1. The smallest absolute Gasteiger partial charge is 0.211 e. The van der Waals surface area contributed by atoms with E-state index < -0.39 is 0 Å². The van der Waals surface area contributed by atoms with Crippen molar-refractivity contribution in [3.05, 3.63) is 35.9 Å². The number of benzene rings is 1. The molecule has 0 saturated heterocycles. The molecule has 2 atom stereocenters. The van der Waals surface area contributed by atoms with E-state index >= 15 is 0 Å². The van der Waals surface area contributed by atoms with Crippen LogP contribution in [-0.4, -0.2) is 12.6 Å². The SMILES string of the molecule is CC1CCC(CN=C=O)(Cc2ccccc2)C1. The van der Waals surface area contributed by atoms with Gasteiger partial charge in [-0.15, -0.1) is 0 Å². The maximum Gasteiger partial charge on any atom is 0.234 e. The third-order valence-electron chi connectivity index (χ3n) is 3.85. The number of rotatable bonds is 4. The Hall–Kier alpha value is -1.40. The summed E-state index contributed by atoms with van der Waals surface area (Å²) in [4.78, 5) is 14.2. The lowest BCUT2D eigenvalue weighted by Gasteiger charge is -2.27. The van der Waals surface area contributed by atoms with Crippen LogP contribution in [0.3, 0.4) is 0 Å². The highest BCUT2D eigenvalue weighted by Crippen LogP contribution is 2.44. The van der Waals surface area contributed by atoms with Crippen molar-refractivity contribution in [2.24, 2.45) is 16.3 Å². The zero-order valence-corrected chi connectivity index (χ0v) is 10.4. The van der Waals surface area contributed by atoms with E-state index in [0.717, 1.165) is 12.3 Å². The van der Waals surface area contributed by atoms with Gasteiger partial charge in [-0.3, -0.25) is 0 Å². The lowest BCUT2D eigenvalue weighted by molar-refractivity contribution is 0.296. The van der Waals surface area contributed by atoms with E-state index in [0.29, 0.717) is 6.54 Å². The van der Waals surface area contributed by atoms with E-state index in [1.54, 1.807) is 6.08 Å². The van der Waals surface area contributed by atoms with Gasteiger partial charge < -0.3 is 0 Å². The Labute approximate surface area is 103 Å². The highest BCUT2D eigenvalue weighted by atomic mass is 16.1. The minimum absolute atomic E-state index is 0.193. The van der Waals surface area contributed by atoms with Crippen LogP contribution in [0.5, 0.6) is 0 Å². The summed E-state index contributed by atoms with van der Waals surface area (Å²) in [5.41, 5.74) is 1.54. The number of hydrogen-bond donors (Lipinski definition) is 0. The topological polar surface area (TPSA) is 29.4 Å². The maximum absolute atomic E-state index is 10.3. The predicted molar refractivity (Wildman–Crippen MR) is 68.6 cm³/mol. The lowest BCUT2D eigenvalue weighted by atomic mass is 9.79. The highest BCUT2D eigenvalue weighted by molar-refractivity contribution is 5.33. The molecule has 0 aliphatic heterocycles. The van der Waals surface area contributed by atoms with Crippen LogP contribution < -0.4 is 0 Å². The van der Waals surface area contributed by atoms with Crippen molar-refractivity contribution in [3.8, 4) is 0 Å². The number of isocyanates is 1. The third kappa shape index (κ3) is 3.04. The quantitative estimate of drug-likeness (QED) is 0.575. The minimum atomic E-state index is 0.193. The fourth-order valence-electron chi connectivity index (χ4n) is 3.08. The summed E-state index contributed by atoms with van der Waals surface area (Å²) in [7, 11) is 0. The molecule has 0 spiro atoms. The number of hydrogen-bond acceptors (Lipinski definition) is 2. The molecule has 0 bridgehead atoms. The molecule has 1 aliphatic rings. The molecule has 17 heavy (non-hydrogen) atoms. The summed E-state index contributed by atoms with van der Waals surface area (Å²) in [6.45, 7) is 2.92. The summed E-state index contributed by atoms with van der Waals surface area (Å²) >= 11 is 0. The van der Waals surface area contributed by atoms with Gasteiger partial charge in [-0.1, -0.05) is 43.7 Å². The molecule has 0 N–H and O–H groups in total. The van der Waals surface area contributed by atoms with Crippen LogP contribution in [0.4, 0.5) is 0 Å². The zero-order chi connectivity index (χ0) is 12.1. The molecule has 2 nitrogen and oxygen atoms in total. The molecule has 1 aromatic carbocycles. The molecule has 0 radical (unpaired) electrons. The van der Waals surface area contributed by atoms with Crippen molar-refractivity contribution >= 4 is 6.08 Å². The van der Waals surface area contributed by atoms with Crippen LogP contribution in [0.25, 0.3) is 0 Å². The van der Waals surface area contributed by atoms with Crippen molar-refractivity contribution in [2.45, 2.75) is 32.6 Å². The van der Waals surface area contributed by atoms with Crippen molar-refractivity contribution in [2.75, 3.05) is 6.54 Å². The van der Waals surface area contributed by atoms with Gasteiger partial charge in [0.15, 0.2) is 0 Å². The second kappa shape index (κ2) is 5.29. The van der Waals surface area contributed by atoms with E-state index in [1.807, 2.05) is 6.07 Å². The molecule has 0 heterocycles. The van der Waals surface area contributed by atoms with E-state index in [-0.39, 0.29) is 5.41 Å². The molecule has 1 saturated carbocycles. The van der Waals surface area contributed by atoms with Gasteiger partial charge in [0.25, 0.3) is 0 Å². The number of carbonyl (C=O) groups excluding carboxylic acids is 1. The van der Waals surface area contributed by atoms with Crippen LogP contribution in [0, 0.1) is 11.3 Å². The predicted octanol–water partition coefficient (Wildman–Crippen LogP) is 3.37. The van der Waals surface area contributed by atoms with E-state index in [4.69, 9.17) is 0 Å². The fraction of sp³-hybridized carbons (Fsp3) is 0.533. The van der Waals surface area contributed by atoms with Gasteiger partial charge in [-0.05, 0) is 36.2 Å². The van der Waals surface area contributed by atoms with Crippen molar-refractivity contribution in [1.29, 1.82) is 0 Å². The molecule has 0 aromatic heterocycles. The Bertz CT molecular complexity index is 408. The van der Waals surface area contributed by atoms with Crippen LogP contribution in [0.15, 0.2) is 35.3 Å². The first-order valence-corrected chi connectivity index (χ1v) is 6.32. The van der Waals surface area contributed by atoms with Gasteiger partial charge in [0.2, 0.25) is 6.08 Å². The minimum Gasteiger partial charge on any atom is -0.211 e. The summed E-state index contributed by atoms with van der Waals surface area (Å²) in [5.74, 6) is 0.751. The Kier molecular flexibility index (Phi) is 3.75. The first-order valence-electron chi connectivity index (χ1n) is 6.32. The van der Waals surface area contributed by atoms with Crippen molar-refractivity contribution in [3.63, 3.8) is 0 Å². The molecule has 2 heteroatoms. The molecule has 90 valence electrons. The summed E-state index contributed by atoms with van der Waals surface area (Å²) < 4.78 is 0. The summed E-state index contributed by atoms with van der Waals surface area (Å²) in [6.07, 6.45) is 6.33. The van der Waals surface area contributed by atoms with Gasteiger partial charge >= 0.3 is 0 Å². The lowest BCUT2D eigenvalue weighted by Crippen LogP contribution is -2.24. The molecule has 1 aromatic rings. The number of nitrogens with zero attached hydrogens (tertiary/aromatic N) is 1. The summed E-state index contributed by atoms with van der Waals surface area (Å²) in [5, 5.41) is 0. The Morgan fingerprint density at radius 2 is 2.18 bits per heavy atom. The van der Waals surface area contributed by atoms with Gasteiger partial charge in [-0.2, -0.15) is 0 Å². The van der Waals surface area contributed by atoms with Gasteiger partial charge in [0.1, 0.15) is 0 Å². The largest absolute Gasteiger partial charge is 0.234 e. The van der Waals surface area contributed by atoms with Crippen LogP contribution in [0.2, 0.25) is 0 Å². The molecular formula is C15H19NO.